The molecule has 0 aliphatic carbocycles. The maximum Gasteiger partial charge on any atom is 0.231 e. The summed E-state index contributed by atoms with van der Waals surface area (Å²) in [7, 11) is 0. The summed E-state index contributed by atoms with van der Waals surface area (Å²) in [4.78, 5) is 16.3. The van der Waals surface area contributed by atoms with E-state index in [0.717, 1.165) is 5.82 Å². The third kappa shape index (κ3) is 4.74. The van der Waals surface area contributed by atoms with Crippen LogP contribution >= 0.6 is 11.8 Å². The van der Waals surface area contributed by atoms with Crippen LogP contribution in [0.4, 0.5) is 0 Å². The monoisotopic (exact) mass is 309 g/mol. The molecule has 0 spiro atoms. The zero-order valence-corrected chi connectivity index (χ0v) is 14.3. The first-order valence-corrected chi connectivity index (χ1v) is 7.85. The number of rotatable bonds is 5. The molecule has 7 heteroatoms. The number of aromatic amines is 1. The molecule has 0 saturated carbocycles. The summed E-state index contributed by atoms with van der Waals surface area (Å²) in [5.41, 5.74) is -0.960. The number of hydrogen-bond donors (Lipinski definition) is 2. The van der Waals surface area contributed by atoms with Crippen LogP contribution in [-0.2, 0) is 10.2 Å². The van der Waals surface area contributed by atoms with Crippen LogP contribution < -0.4 is 5.32 Å². The van der Waals surface area contributed by atoms with Crippen molar-refractivity contribution in [2.24, 2.45) is 5.92 Å². The van der Waals surface area contributed by atoms with Crippen molar-refractivity contribution in [2.75, 3.05) is 5.75 Å². The van der Waals surface area contributed by atoms with Crippen molar-refractivity contribution in [2.45, 2.75) is 57.7 Å². The summed E-state index contributed by atoms with van der Waals surface area (Å²) in [5, 5.41) is 19.5. The Morgan fingerprint density at radius 3 is 2.48 bits per heavy atom. The predicted molar refractivity (Wildman–Crippen MR) is 82.8 cm³/mol. The average molecular weight is 309 g/mol. The topological polar surface area (TPSA) is 94.5 Å². The highest BCUT2D eigenvalue weighted by molar-refractivity contribution is 7.99. The Kier molecular flexibility index (Phi) is 5.40. The Bertz CT molecular complexity index is 540. The van der Waals surface area contributed by atoms with Crippen molar-refractivity contribution in [3.63, 3.8) is 0 Å². The van der Waals surface area contributed by atoms with E-state index in [1.165, 1.54) is 11.8 Å². The molecule has 0 unspecified atom stereocenters. The number of nitrogens with one attached hydrogen (secondary N) is 2. The third-order valence-corrected chi connectivity index (χ3v) is 4.14. The molecular formula is C14H23N5OS. The van der Waals surface area contributed by atoms with Gasteiger partial charge in [-0.15, -0.1) is 5.10 Å². The number of carbonyl (C=O) groups excluding carboxylic acids is 1. The van der Waals surface area contributed by atoms with Crippen LogP contribution in [0, 0.1) is 17.2 Å². The fourth-order valence-electron chi connectivity index (χ4n) is 1.40. The molecular weight excluding hydrogens is 286 g/mol. The van der Waals surface area contributed by atoms with Gasteiger partial charge >= 0.3 is 0 Å². The molecule has 1 amide bonds. The second-order valence-electron chi connectivity index (χ2n) is 6.52. The van der Waals surface area contributed by atoms with Gasteiger partial charge in [0, 0.05) is 5.41 Å². The van der Waals surface area contributed by atoms with Gasteiger partial charge in [0.2, 0.25) is 11.1 Å². The zero-order valence-electron chi connectivity index (χ0n) is 13.4. The minimum atomic E-state index is -0.854. The van der Waals surface area contributed by atoms with Gasteiger partial charge in [0.25, 0.3) is 0 Å². The van der Waals surface area contributed by atoms with E-state index in [1.807, 2.05) is 34.6 Å². The minimum Gasteiger partial charge on any atom is -0.337 e. The Morgan fingerprint density at radius 2 is 2.05 bits per heavy atom. The van der Waals surface area contributed by atoms with Gasteiger partial charge in [-0.1, -0.05) is 46.4 Å². The maximum absolute atomic E-state index is 12.0. The number of H-pyrrole nitrogens is 1. The van der Waals surface area contributed by atoms with E-state index in [0.29, 0.717) is 5.16 Å². The fourth-order valence-corrected chi connectivity index (χ4v) is 2.00. The molecule has 1 rings (SSSR count). The number of nitriles is 1. The van der Waals surface area contributed by atoms with Crippen LogP contribution in [0.2, 0.25) is 0 Å². The molecule has 21 heavy (non-hydrogen) atoms. The number of carbonyl (C=O) groups is 1. The summed E-state index contributed by atoms with van der Waals surface area (Å²) in [6, 6.07) is 2.15. The summed E-state index contributed by atoms with van der Waals surface area (Å²) < 4.78 is 0. The van der Waals surface area contributed by atoms with Gasteiger partial charge < -0.3 is 5.32 Å². The quantitative estimate of drug-likeness (QED) is 0.813. The summed E-state index contributed by atoms with van der Waals surface area (Å²) in [6.45, 7) is 11.6. The van der Waals surface area contributed by atoms with Crippen molar-refractivity contribution < 1.29 is 4.79 Å². The first kappa shape index (κ1) is 17.5. The second kappa shape index (κ2) is 6.48. The third-order valence-electron chi connectivity index (χ3n) is 3.29. The number of thioether (sulfide) groups is 1. The molecule has 2 N–H and O–H groups in total. The van der Waals surface area contributed by atoms with Crippen LogP contribution in [0.1, 0.15) is 47.4 Å². The Hall–Kier alpha value is -1.55. The number of nitrogens with zero attached hydrogens (tertiary/aromatic N) is 3. The zero-order chi connectivity index (χ0) is 16.3. The van der Waals surface area contributed by atoms with Crippen molar-refractivity contribution in [3.05, 3.63) is 5.82 Å². The lowest BCUT2D eigenvalue weighted by Crippen LogP contribution is -2.49. The van der Waals surface area contributed by atoms with E-state index in [2.05, 4.69) is 26.6 Å². The van der Waals surface area contributed by atoms with Gasteiger partial charge in [-0.05, 0) is 12.8 Å². The number of hydrogen-bond acceptors (Lipinski definition) is 5. The van der Waals surface area contributed by atoms with Crippen LogP contribution in [0.15, 0.2) is 5.16 Å². The molecule has 0 aliphatic rings. The lowest BCUT2D eigenvalue weighted by molar-refractivity contribution is -0.120. The van der Waals surface area contributed by atoms with Gasteiger partial charge in [0.15, 0.2) is 0 Å². The SMILES string of the molecule is CC(C)[C@](C)(C#N)NC(=O)CSc1n[nH]c(C(C)(C)C)n1. The van der Waals surface area contributed by atoms with Gasteiger partial charge in [-0.2, -0.15) is 5.26 Å². The molecule has 1 aromatic heterocycles. The van der Waals surface area contributed by atoms with E-state index in [4.69, 9.17) is 0 Å². The standard InChI is InChI=1S/C14H23N5OS/c1-9(2)14(6,8-15)17-10(20)7-21-12-16-11(18-19-12)13(3,4)5/h9H,7H2,1-6H3,(H,17,20)(H,16,18,19)/t14-/m0/s1. The van der Waals surface area contributed by atoms with E-state index >= 15 is 0 Å². The van der Waals surface area contributed by atoms with Crippen LogP contribution in [0.3, 0.4) is 0 Å². The smallest absolute Gasteiger partial charge is 0.231 e. The van der Waals surface area contributed by atoms with Gasteiger partial charge in [-0.3, -0.25) is 9.89 Å². The second-order valence-corrected chi connectivity index (χ2v) is 7.46. The molecule has 1 aromatic rings. The summed E-state index contributed by atoms with van der Waals surface area (Å²) in [6.07, 6.45) is 0. The molecule has 0 saturated heterocycles. The molecule has 0 bridgehead atoms. The van der Waals surface area contributed by atoms with E-state index in [-0.39, 0.29) is 23.0 Å². The largest absolute Gasteiger partial charge is 0.337 e. The predicted octanol–water partition coefficient (Wildman–Crippen LogP) is 2.25. The maximum atomic E-state index is 12.0. The summed E-state index contributed by atoms with van der Waals surface area (Å²) in [5.74, 6) is 0.813. The first-order valence-electron chi connectivity index (χ1n) is 6.86. The Labute approximate surface area is 130 Å². The Morgan fingerprint density at radius 1 is 1.43 bits per heavy atom. The molecule has 116 valence electrons. The van der Waals surface area contributed by atoms with Crippen LogP contribution in [-0.4, -0.2) is 32.4 Å². The first-order chi connectivity index (χ1) is 9.58. The van der Waals surface area contributed by atoms with Crippen LogP contribution in [0.25, 0.3) is 0 Å². The summed E-state index contributed by atoms with van der Waals surface area (Å²) >= 11 is 1.25. The molecule has 1 atom stereocenters. The fraction of sp³-hybridized carbons (Fsp3) is 0.714. The van der Waals surface area contributed by atoms with Crippen molar-refractivity contribution >= 4 is 17.7 Å². The highest BCUT2D eigenvalue weighted by Crippen LogP contribution is 2.21. The normalized spacial score (nSPS) is 14.6. The molecule has 6 nitrogen and oxygen atoms in total. The molecule has 1 heterocycles. The van der Waals surface area contributed by atoms with Gasteiger partial charge in [-0.25, -0.2) is 4.98 Å². The van der Waals surface area contributed by atoms with Crippen molar-refractivity contribution in [1.82, 2.24) is 20.5 Å². The molecule has 0 aliphatic heterocycles. The van der Waals surface area contributed by atoms with Crippen molar-refractivity contribution in [3.8, 4) is 6.07 Å². The highest BCUT2D eigenvalue weighted by Gasteiger charge is 2.30. The molecule has 0 radical (unpaired) electrons. The van der Waals surface area contributed by atoms with E-state index in [9.17, 15) is 10.1 Å². The molecule has 0 aromatic carbocycles. The minimum absolute atomic E-state index is 0.0347. The molecule has 0 fully saturated rings. The Balaban J connectivity index is 2.58. The number of aromatic nitrogens is 3. The number of amides is 1. The lowest BCUT2D eigenvalue weighted by Gasteiger charge is -2.27. The average Bonchev–Trinajstić information content (AvgIpc) is 2.84. The van der Waals surface area contributed by atoms with Gasteiger partial charge in [0.1, 0.15) is 11.4 Å². The highest BCUT2D eigenvalue weighted by atomic mass is 32.2. The van der Waals surface area contributed by atoms with Crippen LogP contribution in [0.5, 0.6) is 0 Å². The van der Waals surface area contributed by atoms with Gasteiger partial charge in [0.05, 0.1) is 11.8 Å². The van der Waals surface area contributed by atoms with Crippen molar-refractivity contribution in [1.29, 1.82) is 5.26 Å². The van der Waals surface area contributed by atoms with E-state index < -0.39 is 5.54 Å². The van der Waals surface area contributed by atoms with E-state index in [1.54, 1.807) is 6.92 Å². The lowest BCUT2D eigenvalue weighted by atomic mass is 9.90.